The highest BCUT2D eigenvalue weighted by molar-refractivity contribution is 5.27. The topological polar surface area (TPSA) is 21.3 Å². The fourth-order valence-electron chi connectivity index (χ4n) is 1.65. The highest BCUT2D eigenvalue weighted by Crippen LogP contribution is 2.18. The highest BCUT2D eigenvalue weighted by Gasteiger charge is 2.26. The van der Waals surface area contributed by atoms with Gasteiger partial charge in [0.1, 0.15) is 5.75 Å². The van der Waals surface area contributed by atoms with Crippen LogP contribution in [0.3, 0.4) is 0 Å². The van der Waals surface area contributed by atoms with Crippen LogP contribution in [-0.4, -0.2) is 25.9 Å². The van der Waals surface area contributed by atoms with Gasteiger partial charge in [-0.25, -0.2) is 0 Å². The number of hydrogen-bond donors (Lipinski definition) is 1. The van der Waals surface area contributed by atoms with Crippen molar-refractivity contribution in [2.75, 3.05) is 13.7 Å². The zero-order chi connectivity index (χ0) is 13.6. The molecule has 0 saturated heterocycles. The molecule has 1 rings (SSSR count). The largest absolute Gasteiger partial charge is 0.497 e. The van der Waals surface area contributed by atoms with Gasteiger partial charge in [-0.2, -0.15) is 13.2 Å². The number of nitrogens with one attached hydrogen (secondary N) is 1. The summed E-state index contributed by atoms with van der Waals surface area (Å²) in [4.78, 5) is 0. The van der Waals surface area contributed by atoms with Gasteiger partial charge in [-0.3, -0.25) is 0 Å². The van der Waals surface area contributed by atoms with Crippen LogP contribution in [0.25, 0.3) is 0 Å². The van der Waals surface area contributed by atoms with Crippen LogP contribution in [0.2, 0.25) is 0 Å². The van der Waals surface area contributed by atoms with Crippen molar-refractivity contribution in [2.24, 2.45) is 0 Å². The zero-order valence-corrected chi connectivity index (χ0v) is 10.6. The Balaban J connectivity index is 2.32. The molecule has 102 valence electrons. The molecule has 1 N–H and O–H groups in total. The van der Waals surface area contributed by atoms with Crippen molar-refractivity contribution >= 4 is 0 Å². The van der Waals surface area contributed by atoms with Crippen LogP contribution >= 0.6 is 0 Å². The summed E-state index contributed by atoms with van der Waals surface area (Å²) in [7, 11) is 1.59. The van der Waals surface area contributed by atoms with Gasteiger partial charge in [-0.15, -0.1) is 0 Å². The molecule has 18 heavy (non-hydrogen) atoms. The van der Waals surface area contributed by atoms with E-state index >= 15 is 0 Å². The number of alkyl halides is 3. The molecule has 0 heterocycles. The first-order valence-electron chi connectivity index (χ1n) is 5.84. The van der Waals surface area contributed by atoms with Crippen molar-refractivity contribution in [2.45, 2.75) is 32.0 Å². The first kappa shape index (κ1) is 14.8. The minimum absolute atomic E-state index is 0.0146. The Hall–Kier alpha value is -1.23. The second-order valence-corrected chi connectivity index (χ2v) is 4.27. The molecule has 0 bridgehead atoms. The molecular formula is C13H18F3NO. The van der Waals surface area contributed by atoms with Gasteiger partial charge >= 0.3 is 6.18 Å². The van der Waals surface area contributed by atoms with Crippen molar-refractivity contribution in [1.29, 1.82) is 0 Å². The number of halogens is 3. The van der Waals surface area contributed by atoms with E-state index in [9.17, 15) is 13.2 Å². The van der Waals surface area contributed by atoms with E-state index in [0.29, 0.717) is 6.42 Å². The van der Waals surface area contributed by atoms with Crippen LogP contribution in [0.15, 0.2) is 24.3 Å². The SMILES string of the molecule is COc1ccc(CC(C)NCCC(F)(F)F)cc1. The maximum Gasteiger partial charge on any atom is 0.390 e. The molecule has 1 atom stereocenters. The van der Waals surface area contributed by atoms with E-state index in [1.807, 2.05) is 31.2 Å². The van der Waals surface area contributed by atoms with Gasteiger partial charge < -0.3 is 10.1 Å². The fraction of sp³-hybridized carbons (Fsp3) is 0.538. The normalized spacial score (nSPS) is 13.4. The highest BCUT2D eigenvalue weighted by atomic mass is 19.4. The molecule has 0 radical (unpaired) electrons. The maximum atomic E-state index is 12.0. The molecule has 1 unspecified atom stereocenters. The molecule has 5 heteroatoms. The first-order chi connectivity index (χ1) is 8.40. The van der Waals surface area contributed by atoms with E-state index in [2.05, 4.69) is 5.32 Å². The first-order valence-corrected chi connectivity index (χ1v) is 5.84. The Kier molecular flexibility index (Phi) is 5.47. The van der Waals surface area contributed by atoms with Gasteiger partial charge in [0, 0.05) is 12.6 Å². The van der Waals surface area contributed by atoms with Crippen molar-refractivity contribution in [3.63, 3.8) is 0 Å². The van der Waals surface area contributed by atoms with Gasteiger partial charge in [0.05, 0.1) is 13.5 Å². The molecule has 0 amide bonds. The van der Waals surface area contributed by atoms with Crippen molar-refractivity contribution in [1.82, 2.24) is 5.32 Å². The lowest BCUT2D eigenvalue weighted by molar-refractivity contribution is -0.133. The molecule has 0 aromatic heterocycles. The van der Waals surface area contributed by atoms with E-state index in [-0.39, 0.29) is 12.6 Å². The van der Waals surface area contributed by atoms with Gasteiger partial charge in [0.2, 0.25) is 0 Å². The van der Waals surface area contributed by atoms with Crippen molar-refractivity contribution in [3.8, 4) is 5.75 Å². The van der Waals surface area contributed by atoms with Gasteiger partial charge in [-0.05, 0) is 31.0 Å². The quantitative estimate of drug-likeness (QED) is 0.849. The number of ether oxygens (including phenoxy) is 1. The van der Waals surface area contributed by atoms with Crippen LogP contribution in [0.4, 0.5) is 13.2 Å². The molecule has 0 aliphatic heterocycles. The lowest BCUT2D eigenvalue weighted by Gasteiger charge is -2.15. The monoisotopic (exact) mass is 261 g/mol. The summed E-state index contributed by atoms with van der Waals surface area (Å²) >= 11 is 0. The van der Waals surface area contributed by atoms with E-state index in [1.165, 1.54) is 0 Å². The second-order valence-electron chi connectivity index (χ2n) is 4.27. The Bertz CT molecular complexity index is 348. The zero-order valence-electron chi connectivity index (χ0n) is 10.6. The van der Waals surface area contributed by atoms with Crippen LogP contribution < -0.4 is 10.1 Å². The molecule has 0 aliphatic rings. The third kappa shape index (κ3) is 5.91. The summed E-state index contributed by atoms with van der Waals surface area (Å²) in [6.07, 6.45) is -4.19. The fourth-order valence-corrected chi connectivity index (χ4v) is 1.65. The predicted octanol–water partition coefficient (Wildman–Crippen LogP) is 3.17. The standard InChI is InChI=1S/C13H18F3NO/c1-10(17-8-7-13(14,15)16)9-11-3-5-12(18-2)6-4-11/h3-6,10,17H,7-9H2,1-2H3. The van der Waals surface area contributed by atoms with Crippen LogP contribution in [0.1, 0.15) is 18.9 Å². The molecule has 2 nitrogen and oxygen atoms in total. The summed E-state index contributed by atoms with van der Waals surface area (Å²) < 4.78 is 40.9. The lowest BCUT2D eigenvalue weighted by atomic mass is 10.1. The number of methoxy groups -OCH3 is 1. The summed E-state index contributed by atoms with van der Waals surface area (Å²) in [5, 5.41) is 2.86. The summed E-state index contributed by atoms with van der Waals surface area (Å²) in [5.74, 6) is 0.774. The van der Waals surface area contributed by atoms with Crippen molar-refractivity contribution < 1.29 is 17.9 Å². The van der Waals surface area contributed by atoms with Crippen LogP contribution in [-0.2, 0) is 6.42 Å². The second kappa shape index (κ2) is 6.64. The molecular weight excluding hydrogens is 243 g/mol. The smallest absolute Gasteiger partial charge is 0.390 e. The predicted molar refractivity (Wildman–Crippen MR) is 64.8 cm³/mol. The Morgan fingerprint density at radius 1 is 1.22 bits per heavy atom. The lowest BCUT2D eigenvalue weighted by Crippen LogP contribution is -2.31. The van der Waals surface area contributed by atoms with Crippen molar-refractivity contribution in [3.05, 3.63) is 29.8 Å². The molecule has 0 aliphatic carbocycles. The van der Waals surface area contributed by atoms with Gasteiger partial charge in [0.25, 0.3) is 0 Å². The molecule has 1 aromatic rings. The third-order valence-corrected chi connectivity index (χ3v) is 2.60. The summed E-state index contributed by atoms with van der Waals surface area (Å²) in [6, 6.07) is 7.54. The average molecular weight is 261 g/mol. The minimum atomic E-state index is -4.09. The molecule has 0 saturated carbocycles. The molecule has 0 fully saturated rings. The average Bonchev–Trinajstić information content (AvgIpc) is 2.28. The number of benzene rings is 1. The third-order valence-electron chi connectivity index (χ3n) is 2.60. The number of rotatable bonds is 6. The minimum Gasteiger partial charge on any atom is -0.497 e. The maximum absolute atomic E-state index is 12.0. The van der Waals surface area contributed by atoms with Crippen LogP contribution in [0, 0.1) is 0 Å². The van der Waals surface area contributed by atoms with Gasteiger partial charge in [-0.1, -0.05) is 12.1 Å². The van der Waals surface area contributed by atoms with Gasteiger partial charge in [0.15, 0.2) is 0 Å². The molecule has 0 spiro atoms. The Morgan fingerprint density at radius 2 is 1.83 bits per heavy atom. The Morgan fingerprint density at radius 3 is 2.33 bits per heavy atom. The van der Waals surface area contributed by atoms with E-state index in [0.717, 1.165) is 11.3 Å². The van der Waals surface area contributed by atoms with E-state index < -0.39 is 12.6 Å². The summed E-state index contributed by atoms with van der Waals surface area (Å²) in [5.41, 5.74) is 1.07. The number of hydrogen-bond acceptors (Lipinski definition) is 2. The molecule has 1 aromatic carbocycles. The summed E-state index contributed by atoms with van der Waals surface area (Å²) in [6.45, 7) is 1.83. The Labute approximate surface area is 105 Å². The van der Waals surface area contributed by atoms with E-state index in [1.54, 1.807) is 7.11 Å². The van der Waals surface area contributed by atoms with E-state index in [4.69, 9.17) is 4.74 Å². The van der Waals surface area contributed by atoms with Crippen LogP contribution in [0.5, 0.6) is 5.75 Å².